The molecule has 1 fully saturated rings. The normalized spacial score (nSPS) is 14.5. The number of benzene rings is 3. The number of nitro groups is 1. The topological polar surface area (TPSA) is 107 Å². The molecule has 1 N–H and O–H groups in total. The van der Waals surface area contributed by atoms with Gasteiger partial charge in [-0.05, 0) is 80.1 Å². The van der Waals surface area contributed by atoms with Crippen LogP contribution in [0.5, 0.6) is 11.5 Å². The van der Waals surface area contributed by atoms with E-state index in [9.17, 15) is 32.9 Å². The summed E-state index contributed by atoms with van der Waals surface area (Å²) in [6.45, 7) is 3.67. The molecular formula is C29H21F3N4O5. The van der Waals surface area contributed by atoms with Gasteiger partial charge in [0, 0.05) is 23.1 Å². The highest BCUT2D eigenvalue weighted by Gasteiger charge is 2.35. The maximum atomic E-state index is 13.0. The Kier molecular flexibility index (Phi) is 6.83. The van der Waals surface area contributed by atoms with Crippen molar-refractivity contribution in [2.45, 2.75) is 20.0 Å². The minimum absolute atomic E-state index is 0.0176. The standard InChI is InChI=1S/C29H21F3N4O5/c1-17-14-19(15-24-27(37)33-35(28(24)38)22-6-4-3-5-7-22)18(2)34(17)21-9-11-23(12-10-21)41-26-13-8-20(29(30,31)32)16-25(26)36(39)40/h3-16H,1-2H3,(H,33,37)/b24-15-. The van der Waals surface area contributed by atoms with Gasteiger partial charge in [-0.25, -0.2) is 5.01 Å². The van der Waals surface area contributed by atoms with Gasteiger partial charge in [0.25, 0.3) is 11.8 Å². The van der Waals surface area contributed by atoms with Crippen LogP contribution < -0.4 is 15.2 Å². The van der Waals surface area contributed by atoms with E-state index in [1.54, 1.807) is 42.5 Å². The maximum absolute atomic E-state index is 13.0. The summed E-state index contributed by atoms with van der Waals surface area (Å²) in [5.74, 6) is -1.16. The number of nitrogens with zero attached hydrogens (tertiary/aromatic N) is 3. The average molecular weight is 563 g/mol. The number of aryl methyl sites for hydroxylation is 1. The van der Waals surface area contributed by atoms with Crippen molar-refractivity contribution >= 4 is 29.3 Å². The first-order valence-corrected chi connectivity index (χ1v) is 12.2. The number of hydrogen-bond donors (Lipinski definition) is 1. The molecule has 9 nitrogen and oxygen atoms in total. The molecule has 1 saturated heterocycles. The third-order valence-electron chi connectivity index (χ3n) is 6.48. The van der Waals surface area contributed by atoms with Crippen LogP contribution >= 0.6 is 0 Å². The van der Waals surface area contributed by atoms with Crippen LogP contribution in [0.4, 0.5) is 24.5 Å². The van der Waals surface area contributed by atoms with Gasteiger partial charge in [-0.3, -0.25) is 25.1 Å². The van der Waals surface area contributed by atoms with E-state index in [0.717, 1.165) is 17.5 Å². The van der Waals surface area contributed by atoms with Gasteiger partial charge in [0.15, 0.2) is 0 Å². The van der Waals surface area contributed by atoms with Crippen LogP contribution in [0.25, 0.3) is 11.8 Å². The third kappa shape index (κ3) is 5.26. The van der Waals surface area contributed by atoms with Gasteiger partial charge in [0.05, 0.1) is 16.2 Å². The van der Waals surface area contributed by atoms with Crippen LogP contribution in [0, 0.1) is 24.0 Å². The summed E-state index contributed by atoms with van der Waals surface area (Å²) in [6, 6.07) is 19.0. The lowest BCUT2D eigenvalue weighted by Crippen LogP contribution is -2.35. The molecule has 2 amide bonds. The number of carbonyl (C=O) groups is 2. The number of nitro benzene ring substituents is 1. The van der Waals surface area contributed by atoms with Crippen molar-refractivity contribution < 1.29 is 32.4 Å². The number of aromatic nitrogens is 1. The minimum atomic E-state index is -4.73. The Hall–Kier alpha value is -5.39. The average Bonchev–Trinajstić information content (AvgIpc) is 3.38. The molecule has 1 aliphatic rings. The van der Waals surface area contributed by atoms with Crippen LogP contribution in [0.15, 0.2) is 84.4 Å². The molecule has 0 aliphatic carbocycles. The smallest absolute Gasteiger partial charge is 0.416 e. The molecule has 1 aromatic heterocycles. The molecular weight excluding hydrogens is 541 g/mol. The van der Waals surface area contributed by atoms with Crippen molar-refractivity contribution in [2.24, 2.45) is 0 Å². The number of halogens is 3. The molecule has 5 rings (SSSR count). The van der Waals surface area contributed by atoms with E-state index < -0.39 is 34.2 Å². The first kappa shape index (κ1) is 27.2. The van der Waals surface area contributed by atoms with Crippen molar-refractivity contribution in [2.75, 3.05) is 5.01 Å². The summed E-state index contributed by atoms with van der Waals surface area (Å²) in [6.07, 6.45) is -3.21. The Balaban J connectivity index is 1.40. The number of rotatable bonds is 6. The lowest BCUT2D eigenvalue weighted by Gasteiger charge is -2.13. The number of anilines is 1. The van der Waals surface area contributed by atoms with Gasteiger partial charge in [-0.15, -0.1) is 0 Å². The first-order valence-electron chi connectivity index (χ1n) is 12.2. The Labute approximate surface area is 231 Å². The molecule has 0 unspecified atom stereocenters. The first-order chi connectivity index (χ1) is 19.4. The summed E-state index contributed by atoms with van der Waals surface area (Å²) < 4.78 is 46.4. The van der Waals surface area contributed by atoms with Gasteiger partial charge in [0.2, 0.25) is 5.75 Å². The molecule has 0 atom stereocenters. The van der Waals surface area contributed by atoms with E-state index in [1.165, 1.54) is 23.2 Å². The van der Waals surface area contributed by atoms with Crippen molar-refractivity contribution in [3.63, 3.8) is 0 Å². The predicted molar refractivity (Wildman–Crippen MR) is 143 cm³/mol. The zero-order chi connectivity index (χ0) is 29.5. The van der Waals surface area contributed by atoms with Gasteiger partial charge in [0.1, 0.15) is 11.3 Å². The van der Waals surface area contributed by atoms with Crippen molar-refractivity contribution in [1.82, 2.24) is 9.99 Å². The third-order valence-corrected chi connectivity index (χ3v) is 6.48. The van der Waals surface area contributed by atoms with Crippen LogP contribution in [0.1, 0.15) is 22.5 Å². The Morgan fingerprint density at radius 3 is 2.24 bits per heavy atom. The van der Waals surface area contributed by atoms with Gasteiger partial charge >= 0.3 is 11.9 Å². The molecule has 208 valence electrons. The van der Waals surface area contributed by atoms with E-state index in [-0.39, 0.29) is 17.1 Å². The van der Waals surface area contributed by atoms with E-state index in [2.05, 4.69) is 5.43 Å². The number of para-hydroxylation sites is 1. The quantitative estimate of drug-likeness (QED) is 0.129. The largest absolute Gasteiger partial charge is 0.450 e. The van der Waals surface area contributed by atoms with E-state index in [1.807, 2.05) is 24.5 Å². The summed E-state index contributed by atoms with van der Waals surface area (Å²) in [7, 11) is 0. The molecule has 3 aromatic carbocycles. The number of amides is 2. The summed E-state index contributed by atoms with van der Waals surface area (Å²) in [5.41, 5.74) is 3.99. The van der Waals surface area contributed by atoms with Crippen molar-refractivity contribution in [3.8, 4) is 17.2 Å². The second-order valence-electron chi connectivity index (χ2n) is 9.17. The monoisotopic (exact) mass is 562 g/mol. The number of hydrazine groups is 1. The van der Waals surface area contributed by atoms with E-state index in [4.69, 9.17) is 4.74 Å². The minimum Gasteiger partial charge on any atom is -0.450 e. The molecule has 0 bridgehead atoms. The lowest BCUT2D eigenvalue weighted by atomic mass is 10.1. The van der Waals surface area contributed by atoms with E-state index in [0.29, 0.717) is 29.1 Å². The highest BCUT2D eigenvalue weighted by molar-refractivity contribution is 6.31. The predicted octanol–water partition coefficient (Wildman–Crippen LogP) is 6.27. The fraction of sp³-hybridized carbons (Fsp3) is 0.103. The molecule has 1 aliphatic heterocycles. The number of hydrogen-bond acceptors (Lipinski definition) is 5. The van der Waals surface area contributed by atoms with Crippen LogP contribution in [-0.4, -0.2) is 21.3 Å². The number of carbonyl (C=O) groups excluding carboxylic acids is 2. The number of alkyl halides is 3. The van der Waals surface area contributed by atoms with Crippen molar-refractivity contribution in [3.05, 3.63) is 117 Å². The summed E-state index contributed by atoms with van der Waals surface area (Å²) >= 11 is 0. The Morgan fingerprint density at radius 1 is 0.927 bits per heavy atom. The summed E-state index contributed by atoms with van der Waals surface area (Å²) in [5, 5.41) is 12.6. The zero-order valence-electron chi connectivity index (χ0n) is 21.6. The highest BCUT2D eigenvalue weighted by Crippen LogP contribution is 2.38. The number of nitrogens with one attached hydrogen (secondary N) is 1. The SMILES string of the molecule is Cc1cc(/C=C2/C(=O)NN(c3ccccc3)C2=O)c(C)n1-c1ccc(Oc2ccc(C(F)(F)F)cc2[N+](=O)[O-])cc1. The Bertz CT molecular complexity index is 1710. The van der Waals surface area contributed by atoms with Gasteiger partial charge < -0.3 is 9.30 Å². The molecule has 12 heteroatoms. The lowest BCUT2D eigenvalue weighted by molar-refractivity contribution is -0.385. The molecule has 0 spiro atoms. The summed E-state index contributed by atoms with van der Waals surface area (Å²) in [4.78, 5) is 36.0. The van der Waals surface area contributed by atoms with E-state index >= 15 is 0 Å². The number of ether oxygens (including phenoxy) is 1. The maximum Gasteiger partial charge on any atom is 0.416 e. The molecule has 0 radical (unpaired) electrons. The zero-order valence-corrected chi connectivity index (χ0v) is 21.6. The second kappa shape index (κ2) is 10.3. The molecule has 4 aromatic rings. The molecule has 2 heterocycles. The fourth-order valence-electron chi connectivity index (χ4n) is 4.52. The Morgan fingerprint density at radius 2 is 1.61 bits per heavy atom. The fourth-order valence-corrected chi connectivity index (χ4v) is 4.52. The van der Waals surface area contributed by atoms with Crippen LogP contribution in [0.2, 0.25) is 0 Å². The highest BCUT2D eigenvalue weighted by atomic mass is 19.4. The van der Waals surface area contributed by atoms with Crippen LogP contribution in [0.3, 0.4) is 0 Å². The van der Waals surface area contributed by atoms with Crippen LogP contribution in [-0.2, 0) is 15.8 Å². The molecule has 0 saturated carbocycles. The second-order valence-corrected chi connectivity index (χ2v) is 9.17. The molecule has 41 heavy (non-hydrogen) atoms. The van der Waals surface area contributed by atoms with Gasteiger partial charge in [-0.2, -0.15) is 13.2 Å². The van der Waals surface area contributed by atoms with Crippen molar-refractivity contribution in [1.29, 1.82) is 0 Å². The van der Waals surface area contributed by atoms with Gasteiger partial charge in [-0.1, -0.05) is 18.2 Å².